The minimum atomic E-state index is -4.04. The molecule has 1 N–H and O–H groups in total. The highest BCUT2D eigenvalue weighted by molar-refractivity contribution is 7.92. The quantitative estimate of drug-likeness (QED) is 0.340. The monoisotopic (exact) mass is 497 g/mol. The second kappa shape index (κ2) is 11.4. The van der Waals surface area contributed by atoms with Crippen LogP contribution in [0.25, 0.3) is 0 Å². The molecule has 1 amide bonds. The summed E-state index contributed by atoms with van der Waals surface area (Å²) in [6, 6.07) is 18.0. The summed E-state index contributed by atoms with van der Waals surface area (Å²) < 4.78 is 43.6. The first-order chi connectivity index (χ1) is 16.8. The largest absolute Gasteiger partial charge is 0.497 e. The average Bonchev–Trinajstić information content (AvgIpc) is 2.87. The van der Waals surface area contributed by atoms with Crippen LogP contribution < -0.4 is 23.9 Å². The van der Waals surface area contributed by atoms with E-state index in [9.17, 15) is 13.2 Å². The predicted octanol–water partition coefficient (Wildman–Crippen LogP) is 3.37. The molecule has 3 aromatic rings. The number of rotatable bonds is 10. The number of carbonyl (C=O) groups excluding carboxylic acids is 1. The standard InChI is InChI=1S/C25H27N3O6S/c1-18-8-14-22(15-9-18)35(30,31)28(20-10-12-21(32-2)13-11-20)17-24(29)27-26-16-19-6-5-7-23(33-3)25(19)34-4/h5-16H,17H2,1-4H3,(H,27,29)/b26-16-. The van der Waals surface area contributed by atoms with Crippen molar-refractivity contribution in [3.8, 4) is 17.2 Å². The smallest absolute Gasteiger partial charge is 0.264 e. The van der Waals surface area contributed by atoms with Gasteiger partial charge in [0.1, 0.15) is 12.3 Å². The van der Waals surface area contributed by atoms with Gasteiger partial charge in [-0.2, -0.15) is 5.10 Å². The van der Waals surface area contributed by atoms with Gasteiger partial charge >= 0.3 is 0 Å². The summed E-state index contributed by atoms with van der Waals surface area (Å²) in [5, 5.41) is 3.96. The van der Waals surface area contributed by atoms with Crippen LogP contribution in [-0.4, -0.2) is 48.4 Å². The van der Waals surface area contributed by atoms with Crippen molar-refractivity contribution in [1.82, 2.24) is 5.43 Å². The Kier molecular flexibility index (Phi) is 8.32. The number of hydrogen-bond acceptors (Lipinski definition) is 7. The number of benzene rings is 3. The molecule has 0 saturated carbocycles. The van der Waals surface area contributed by atoms with Gasteiger partial charge in [-0.15, -0.1) is 0 Å². The van der Waals surface area contributed by atoms with E-state index in [1.165, 1.54) is 39.7 Å². The maximum Gasteiger partial charge on any atom is 0.264 e. The van der Waals surface area contributed by atoms with Gasteiger partial charge in [-0.25, -0.2) is 13.8 Å². The predicted molar refractivity (Wildman–Crippen MR) is 134 cm³/mol. The van der Waals surface area contributed by atoms with Crippen LogP contribution in [0.2, 0.25) is 0 Å². The number of aryl methyl sites for hydroxylation is 1. The summed E-state index contributed by atoms with van der Waals surface area (Å²) in [4.78, 5) is 12.8. The van der Waals surface area contributed by atoms with Crippen LogP contribution in [0.15, 0.2) is 76.7 Å². The lowest BCUT2D eigenvalue weighted by atomic mass is 10.2. The second-order valence-electron chi connectivity index (χ2n) is 7.40. The van der Waals surface area contributed by atoms with Crippen molar-refractivity contribution >= 4 is 27.8 Å². The maximum atomic E-state index is 13.4. The first kappa shape index (κ1) is 25.6. The fourth-order valence-corrected chi connectivity index (χ4v) is 4.68. The van der Waals surface area contributed by atoms with E-state index in [0.717, 1.165) is 9.87 Å². The van der Waals surface area contributed by atoms with Crippen LogP contribution in [0, 0.1) is 6.92 Å². The van der Waals surface area contributed by atoms with Crippen LogP contribution in [0.5, 0.6) is 17.2 Å². The molecule has 0 aromatic heterocycles. The van der Waals surface area contributed by atoms with Crippen LogP contribution in [0.1, 0.15) is 11.1 Å². The molecule has 0 bridgehead atoms. The number of sulfonamides is 1. The highest BCUT2D eigenvalue weighted by Crippen LogP contribution is 2.29. The molecule has 0 spiro atoms. The highest BCUT2D eigenvalue weighted by atomic mass is 32.2. The molecule has 35 heavy (non-hydrogen) atoms. The number of nitrogens with one attached hydrogen (secondary N) is 1. The summed E-state index contributed by atoms with van der Waals surface area (Å²) in [6.45, 7) is 1.37. The Balaban J connectivity index is 1.85. The molecule has 184 valence electrons. The van der Waals surface area contributed by atoms with Gasteiger partial charge in [0.25, 0.3) is 15.9 Å². The van der Waals surface area contributed by atoms with E-state index in [-0.39, 0.29) is 4.90 Å². The van der Waals surface area contributed by atoms with Gasteiger partial charge < -0.3 is 14.2 Å². The van der Waals surface area contributed by atoms with E-state index in [4.69, 9.17) is 14.2 Å². The molecule has 0 aliphatic rings. The Morgan fingerprint density at radius 2 is 1.63 bits per heavy atom. The Labute approximate surface area is 205 Å². The maximum absolute atomic E-state index is 13.4. The van der Waals surface area contributed by atoms with Crippen molar-refractivity contribution in [3.63, 3.8) is 0 Å². The number of nitrogens with zero attached hydrogens (tertiary/aromatic N) is 2. The Bertz CT molecular complexity index is 1290. The summed E-state index contributed by atoms with van der Waals surface area (Å²) in [5.74, 6) is 0.893. The van der Waals surface area contributed by atoms with E-state index in [2.05, 4.69) is 10.5 Å². The number of amides is 1. The minimum absolute atomic E-state index is 0.0661. The summed E-state index contributed by atoms with van der Waals surface area (Å²) in [5.41, 5.74) is 4.18. The third-order valence-corrected chi connectivity index (χ3v) is 6.87. The summed E-state index contributed by atoms with van der Waals surface area (Å²) in [6.07, 6.45) is 1.39. The lowest BCUT2D eigenvalue weighted by Crippen LogP contribution is -2.39. The molecule has 0 heterocycles. The summed E-state index contributed by atoms with van der Waals surface area (Å²) in [7, 11) is 0.487. The zero-order valence-electron chi connectivity index (χ0n) is 19.9. The van der Waals surface area contributed by atoms with Gasteiger partial charge in [0.15, 0.2) is 11.5 Å². The van der Waals surface area contributed by atoms with Crippen LogP contribution in [0.3, 0.4) is 0 Å². The molecule has 3 aromatic carbocycles. The zero-order valence-corrected chi connectivity index (χ0v) is 20.7. The number of anilines is 1. The van der Waals surface area contributed by atoms with Crippen molar-refractivity contribution in [1.29, 1.82) is 0 Å². The molecule has 0 fully saturated rings. The fourth-order valence-electron chi connectivity index (χ4n) is 3.25. The van der Waals surface area contributed by atoms with Gasteiger partial charge in [0.2, 0.25) is 0 Å². The van der Waals surface area contributed by atoms with Crippen molar-refractivity contribution in [3.05, 3.63) is 77.9 Å². The van der Waals surface area contributed by atoms with Crippen molar-refractivity contribution in [2.45, 2.75) is 11.8 Å². The first-order valence-electron chi connectivity index (χ1n) is 10.6. The molecule has 0 unspecified atom stereocenters. The van der Waals surface area contributed by atoms with Crippen molar-refractivity contribution < 1.29 is 27.4 Å². The average molecular weight is 498 g/mol. The minimum Gasteiger partial charge on any atom is -0.497 e. The van der Waals surface area contributed by atoms with E-state index < -0.39 is 22.5 Å². The van der Waals surface area contributed by atoms with Gasteiger partial charge in [-0.05, 0) is 55.5 Å². The number of para-hydroxylation sites is 1. The Morgan fingerprint density at radius 3 is 2.23 bits per heavy atom. The van der Waals surface area contributed by atoms with Crippen molar-refractivity contribution in [2.75, 3.05) is 32.2 Å². The van der Waals surface area contributed by atoms with Crippen LogP contribution >= 0.6 is 0 Å². The first-order valence-corrected chi connectivity index (χ1v) is 12.0. The second-order valence-corrected chi connectivity index (χ2v) is 9.26. The highest BCUT2D eigenvalue weighted by Gasteiger charge is 2.27. The third kappa shape index (κ3) is 6.10. The Hall–Kier alpha value is -4.05. The number of carbonyl (C=O) groups is 1. The molecule has 3 rings (SSSR count). The Morgan fingerprint density at radius 1 is 0.943 bits per heavy atom. The summed E-state index contributed by atoms with van der Waals surface area (Å²) >= 11 is 0. The lowest BCUT2D eigenvalue weighted by Gasteiger charge is -2.24. The van der Waals surface area contributed by atoms with Gasteiger partial charge in [-0.3, -0.25) is 9.10 Å². The van der Waals surface area contributed by atoms with E-state index >= 15 is 0 Å². The molecule has 10 heteroatoms. The molecule has 0 atom stereocenters. The zero-order chi connectivity index (χ0) is 25.4. The third-order valence-electron chi connectivity index (χ3n) is 5.08. The van der Waals surface area contributed by atoms with Crippen LogP contribution in [-0.2, 0) is 14.8 Å². The van der Waals surface area contributed by atoms with E-state index in [0.29, 0.717) is 28.5 Å². The molecule has 9 nitrogen and oxygen atoms in total. The normalized spacial score (nSPS) is 11.2. The molecule has 0 saturated heterocycles. The molecular formula is C25H27N3O6S. The van der Waals surface area contributed by atoms with E-state index in [1.54, 1.807) is 54.6 Å². The number of hydrogen-bond donors (Lipinski definition) is 1. The van der Waals surface area contributed by atoms with Gasteiger partial charge in [0, 0.05) is 5.56 Å². The van der Waals surface area contributed by atoms with E-state index in [1.807, 2.05) is 6.92 Å². The lowest BCUT2D eigenvalue weighted by molar-refractivity contribution is -0.119. The number of methoxy groups -OCH3 is 3. The van der Waals surface area contributed by atoms with Crippen LogP contribution in [0.4, 0.5) is 5.69 Å². The van der Waals surface area contributed by atoms with Gasteiger partial charge in [-0.1, -0.05) is 23.8 Å². The topological polar surface area (TPSA) is 107 Å². The SMILES string of the molecule is COc1ccc(N(CC(=O)N/N=C\c2cccc(OC)c2OC)S(=O)(=O)c2ccc(C)cc2)cc1. The van der Waals surface area contributed by atoms with Gasteiger partial charge in [0.05, 0.1) is 38.1 Å². The molecular weight excluding hydrogens is 470 g/mol. The molecule has 0 aliphatic carbocycles. The van der Waals surface area contributed by atoms with Crippen molar-refractivity contribution in [2.24, 2.45) is 5.10 Å². The molecule has 0 aliphatic heterocycles. The molecule has 0 radical (unpaired) electrons. The number of ether oxygens (including phenoxy) is 3. The number of hydrazone groups is 1. The fraction of sp³-hybridized carbons (Fsp3) is 0.200.